The molecule has 1 unspecified atom stereocenters. The molecule has 0 aliphatic carbocycles. The molecule has 0 bridgehead atoms. The number of alkyl halides is 3. The van der Waals surface area contributed by atoms with Gasteiger partial charge in [-0.25, -0.2) is 14.8 Å². The van der Waals surface area contributed by atoms with Crippen LogP contribution < -0.4 is 25.8 Å². The van der Waals surface area contributed by atoms with Gasteiger partial charge in [-0.15, -0.1) is 0 Å². The van der Waals surface area contributed by atoms with Gasteiger partial charge in [0.05, 0.1) is 17.8 Å². The summed E-state index contributed by atoms with van der Waals surface area (Å²) in [5.74, 6) is -1.51. The molecule has 3 aromatic rings. The van der Waals surface area contributed by atoms with Crippen LogP contribution >= 0.6 is 0 Å². The monoisotopic (exact) mass is 712 g/mol. The van der Waals surface area contributed by atoms with Crippen molar-refractivity contribution in [2.24, 2.45) is 5.92 Å². The van der Waals surface area contributed by atoms with Crippen LogP contribution in [0.3, 0.4) is 0 Å². The van der Waals surface area contributed by atoms with Crippen LogP contribution in [0.5, 0.6) is 0 Å². The zero-order valence-electron chi connectivity index (χ0n) is 27.7. The fourth-order valence-electron chi connectivity index (χ4n) is 6.53. The Morgan fingerprint density at radius 1 is 0.960 bits per heavy atom. The van der Waals surface area contributed by atoms with Crippen LogP contribution in [0.15, 0.2) is 54.7 Å². The molecule has 2 aromatic heterocycles. The summed E-state index contributed by atoms with van der Waals surface area (Å²) >= 11 is 0. The van der Waals surface area contributed by atoms with Gasteiger partial charge in [-0.2, -0.15) is 13.2 Å². The van der Waals surface area contributed by atoms with Crippen molar-refractivity contribution in [1.82, 2.24) is 30.9 Å². The van der Waals surface area contributed by atoms with E-state index in [9.17, 15) is 27.2 Å². The van der Waals surface area contributed by atoms with E-state index in [1.807, 2.05) is 52.3 Å². The minimum absolute atomic E-state index is 0.0387. The number of benzene rings is 1. The van der Waals surface area contributed by atoms with Gasteiger partial charge in [-0.1, -0.05) is 30.3 Å². The number of urea groups is 1. The third-order valence-electron chi connectivity index (χ3n) is 9.22. The van der Waals surface area contributed by atoms with Gasteiger partial charge in [0.1, 0.15) is 11.6 Å². The highest BCUT2D eigenvalue weighted by molar-refractivity contribution is 6.20. The molecule has 16 heteroatoms. The summed E-state index contributed by atoms with van der Waals surface area (Å²) in [7, 11) is -1.26. The molecule has 2 saturated heterocycles. The van der Waals surface area contributed by atoms with Crippen LogP contribution in [0.1, 0.15) is 49.9 Å². The van der Waals surface area contributed by atoms with Crippen molar-refractivity contribution in [3.63, 3.8) is 0 Å². The quantitative estimate of drug-likeness (QED) is 0.171. The smallest absolute Gasteiger partial charge is 0.451 e. The van der Waals surface area contributed by atoms with Crippen LogP contribution in [0.25, 0.3) is 11.3 Å². The molecular weight excluding hydrogens is 670 g/mol. The number of hydrogen-bond donors (Lipinski definition) is 4. The lowest BCUT2D eigenvalue weighted by Gasteiger charge is -2.34. The number of nitrogens with one attached hydrogen (secondary N) is 3. The molecule has 1 aromatic carbocycles. The van der Waals surface area contributed by atoms with E-state index in [1.54, 1.807) is 12.3 Å². The number of carboxylic acids is 1. The molecule has 2 aliphatic heterocycles. The largest absolute Gasteiger partial charge is 0.481 e. The average molecular weight is 713 g/mol. The number of rotatable bonds is 15. The first-order valence-corrected chi connectivity index (χ1v) is 18.1. The maximum absolute atomic E-state index is 14.1. The van der Waals surface area contributed by atoms with Crippen LogP contribution in [0, 0.1) is 5.92 Å². The van der Waals surface area contributed by atoms with Gasteiger partial charge in [0.15, 0.2) is 0 Å². The zero-order chi connectivity index (χ0) is 35.5. The number of aliphatic carboxylic acids is 1. The minimum atomic E-state index is -4.73. The zero-order valence-corrected chi connectivity index (χ0v) is 28.9. The number of amides is 2. The predicted molar refractivity (Wildman–Crippen MR) is 184 cm³/mol. The number of anilines is 2. The lowest BCUT2D eigenvalue weighted by Crippen LogP contribution is -2.49. The molecule has 0 radical (unpaired) electrons. The molecule has 5 rings (SSSR count). The number of carboxylic acid groups (broad SMARTS) is 1. The Hall–Kier alpha value is -4.44. The van der Waals surface area contributed by atoms with E-state index in [0.717, 1.165) is 23.2 Å². The number of carbonyl (C=O) groups is 2. The lowest BCUT2D eigenvalue weighted by molar-refractivity contribution is -0.144. The number of carbonyl (C=O) groups excluding carboxylic acids is 1. The average Bonchev–Trinajstić information content (AvgIpc) is 3.60. The van der Waals surface area contributed by atoms with E-state index in [-0.39, 0.29) is 42.2 Å². The maximum Gasteiger partial charge on any atom is 0.451 e. The first-order chi connectivity index (χ1) is 24.1. The van der Waals surface area contributed by atoms with Gasteiger partial charge in [0.25, 0.3) is 9.41 Å². The van der Waals surface area contributed by atoms with Crippen molar-refractivity contribution in [2.75, 3.05) is 49.1 Å². The van der Waals surface area contributed by atoms with E-state index < -0.39 is 33.4 Å². The standard InChI is InChI=1S/C34H43F3N8O4Si/c35-34(36,37)32-42-28(44-20-13-24(14-21-44)11-17-40-33(48)41-18-12-30(46)47)22-29(43-32)45-19-3-5-27(45)31(50-49)39-16-10-23-6-8-25(9-7-23)26-4-1-2-15-38-26/h1-2,4,6-9,15,22,24,27,31,39,50H,3,5,10-14,16-21H2,(H,46,47)(H2,40,41,48)/t27-,31?/m0/s1. The summed E-state index contributed by atoms with van der Waals surface area (Å²) in [4.78, 5) is 38.4. The second-order valence-electron chi connectivity index (χ2n) is 12.6. The number of halogens is 3. The Balaban J connectivity index is 1.17. The number of aromatic nitrogens is 3. The maximum atomic E-state index is 14.1. The number of piperidine rings is 1. The Morgan fingerprint density at radius 2 is 1.70 bits per heavy atom. The van der Waals surface area contributed by atoms with Gasteiger partial charge < -0.3 is 35.3 Å². The molecular formula is C34H43F3N8O4Si. The van der Waals surface area contributed by atoms with E-state index in [4.69, 9.17) is 5.11 Å². The molecule has 50 heavy (non-hydrogen) atoms. The Kier molecular flexibility index (Phi) is 12.9. The van der Waals surface area contributed by atoms with Crippen LogP contribution in [0.2, 0.25) is 0 Å². The topological polar surface area (TPSA) is 153 Å². The van der Waals surface area contributed by atoms with Gasteiger partial charge in [0, 0.05) is 56.6 Å². The fraction of sp³-hybridized carbons (Fsp3) is 0.500. The van der Waals surface area contributed by atoms with Gasteiger partial charge in [-0.05, 0) is 68.7 Å². The molecule has 2 fully saturated rings. The summed E-state index contributed by atoms with van der Waals surface area (Å²) in [6.45, 7) is 2.52. The molecule has 12 nitrogen and oxygen atoms in total. The number of nitrogens with zero attached hydrogens (tertiary/aromatic N) is 5. The van der Waals surface area contributed by atoms with Crippen LogP contribution in [0.4, 0.5) is 29.6 Å². The van der Waals surface area contributed by atoms with Crippen molar-refractivity contribution in [1.29, 1.82) is 0 Å². The Bertz CT molecular complexity index is 1580. The first kappa shape index (κ1) is 36.8. The summed E-state index contributed by atoms with van der Waals surface area (Å²) in [6, 6.07) is 14.8. The van der Waals surface area contributed by atoms with Crippen molar-refractivity contribution >= 4 is 33.0 Å². The van der Waals surface area contributed by atoms with E-state index in [1.165, 1.54) is 0 Å². The highest BCUT2D eigenvalue weighted by Gasteiger charge is 2.39. The third kappa shape index (κ3) is 10.3. The molecule has 4 heterocycles. The van der Waals surface area contributed by atoms with Crippen molar-refractivity contribution < 1.29 is 32.3 Å². The fourth-order valence-corrected chi connectivity index (χ4v) is 7.37. The highest BCUT2D eigenvalue weighted by Crippen LogP contribution is 2.34. The highest BCUT2D eigenvalue weighted by atomic mass is 28.2. The Morgan fingerprint density at radius 3 is 2.38 bits per heavy atom. The molecule has 0 spiro atoms. The van der Waals surface area contributed by atoms with Gasteiger partial charge in [-0.3, -0.25) is 9.78 Å². The molecule has 2 atom stereocenters. The number of hydrogen-bond acceptors (Lipinski definition) is 9. The number of pyridine rings is 1. The second kappa shape index (κ2) is 17.5. The SMILES string of the molecule is O=[SiH]C(NCCc1ccc(-c2ccccn2)cc1)[C@@H]1CCCN1c1cc(N2CCC(CCNC(=O)NCCC(=O)O)CC2)nc(C(F)(F)F)n1. The lowest BCUT2D eigenvalue weighted by atomic mass is 9.93. The van der Waals surface area contributed by atoms with Gasteiger partial charge in [0.2, 0.25) is 5.82 Å². The van der Waals surface area contributed by atoms with Crippen molar-refractivity contribution in [2.45, 2.75) is 62.8 Å². The molecule has 4 N–H and O–H groups in total. The summed E-state index contributed by atoms with van der Waals surface area (Å²) in [5.41, 5.74) is 2.63. The molecule has 268 valence electrons. The van der Waals surface area contributed by atoms with Gasteiger partial charge >= 0.3 is 18.2 Å². The molecule has 2 amide bonds. The van der Waals surface area contributed by atoms with E-state index in [2.05, 4.69) is 30.9 Å². The van der Waals surface area contributed by atoms with Crippen molar-refractivity contribution in [3.8, 4) is 11.3 Å². The van der Waals surface area contributed by atoms with E-state index in [0.29, 0.717) is 64.8 Å². The second-order valence-corrected chi connectivity index (χ2v) is 13.6. The summed E-state index contributed by atoms with van der Waals surface area (Å²) in [5, 5.41) is 17.3. The summed E-state index contributed by atoms with van der Waals surface area (Å²) < 4.78 is 54.7. The van der Waals surface area contributed by atoms with Crippen LogP contribution in [-0.2, 0) is 21.9 Å². The summed E-state index contributed by atoms with van der Waals surface area (Å²) in [6.07, 6.45) is 1.11. The first-order valence-electron chi connectivity index (χ1n) is 17.0. The van der Waals surface area contributed by atoms with Crippen LogP contribution in [-0.4, -0.2) is 92.4 Å². The minimum Gasteiger partial charge on any atom is -0.481 e. The predicted octanol–water partition coefficient (Wildman–Crippen LogP) is 3.85. The third-order valence-corrected chi connectivity index (χ3v) is 10.2. The van der Waals surface area contributed by atoms with Crippen molar-refractivity contribution in [3.05, 3.63) is 66.1 Å². The molecule has 2 aliphatic rings. The van der Waals surface area contributed by atoms with E-state index >= 15 is 0 Å². The Labute approximate surface area is 291 Å². The molecule has 0 saturated carbocycles. The normalized spacial score (nSPS) is 17.4.